The van der Waals surface area contributed by atoms with Gasteiger partial charge in [-0.05, 0) is 37.1 Å². The van der Waals surface area contributed by atoms with E-state index in [4.69, 9.17) is 5.26 Å². The van der Waals surface area contributed by atoms with Crippen LogP contribution in [0.1, 0.15) is 12.8 Å². The van der Waals surface area contributed by atoms with E-state index in [2.05, 4.69) is 5.32 Å². The van der Waals surface area contributed by atoms with Crippen molar-refractivity contribution in [1.82, 2.24) is 0 Å². The van der Waals surface area contributed by atoms with E-state index in [1.165, 1.54) is 0 Å². The Hall–Kier alpha value is -2.00. The number of hydrogen-bond donors (Lipinski definition) is 1. The van der Waals surface area contributed by atoms with Crippen molar-refractivity contribution in [2.24, 2.45) is 11.8 Å². The summed E-state index contributed by atoms with van der Waals surface area (Å²) in [6.07, 6.45) is 3.09. The van der Waals surface area contributed by atoms with Gasteiger partial charge in [-0.1, -0.05) is 0 Å². The molecular weight excluding hydrogens is 276 g/mol. The number of nitrogens with one attached hydrogen (secondary N) is 1. The first kappa shape index (κ1) is 14.4. The molecule has 0 bridgehead atoms. The summed E-state index contributed by atoms with van der Waals surface area (Å²) in [7, 11) is -1.08. The molecule has 0 saturated heterocycles. The fourth-order valence-corrected chi connectivity index (χ4v) is 2.32. The molecule has 2 rings (SSSR count). The highest BCUT2D eigenvalue weighted by Gasteiger charge is 2.38. The number of amides is 1. The Kier molecular flexibility index (Phi) is 4.30. The van der Waals surface area contributed by atoms with Gasteiger partial charge in [-0.25, -0.2) is 0 Å². The van der Waals surface area contributed by atoms with E-state index >= 15 is 0 Å². The number of nitriles is 1. The Morgan fingerprint density at radius 2 is 1.95 bits per heavy atom. The molecule has 1 aromatic rings. The highest BCUT2D eigenvalue weighted by molar-refractivity contribution is 7.84. The van der Waals surface area contributed by atoms with Crippen LogP contribution in [-0.4, -0.2) is 22.2 Å². The van der Waals surface area contributed by atoms with Crippen LogP contribution in [0.15, 0.2) is 29.2 Å². The fourth-order valence-electron chi connectivity index (χ4n) is 1.80. The zero-order valence-corrected chi connectivity index (χ0v) is 11.8. The van der Waals surface area contributed by atoms with Gasteiger partial charge in [0.15, 0.2) is 11.7 Å². The van der Waals surface area contributed by atoms with Gasteiger partial charge >= 0.3 is 0 Å². The normalized spacial score (nSPS) is 16.8. The summed E-state index contributed by atoms with van der Waals surface area (Å²) < 4.78 is 11.2. The SMILES string of the molecule is CS(=O)c1ccc(NC(=O)C(C#N)C(=O)C2CC2)cc1. The van der Waals surface area contributed by atoms with E-state index in [9.17, 15) is 13.8 Å². The quantitative estimate of drug-likeness (QED) is 0.832. The lowest BCUT2D eigenvalue weighted by molar-refractivity contribution is -0.129. The highest BCUT2D eigenvalue weighted by Crippen LogP contribution is 2.32. The van der Waals surface area contributed by atoms with E-state index < -0.39 is 22.6 Å². The first-order valence-electron chi connectivity index (χ1n) is 6.20. The van der Waals surface area contributed by atoms with Crippen molar-refractivity contribution in [3.8, 4) is 6.07 Å². The van der Waals surface area contributed by atoms with Gasteiger partial charge in [0, 0.05) is 33.6 Å². The standard InChI is InChI=1S/C14H14N2O3S/c1-20(19)11-6-4-10(5-7-11)16-14(18)12(8-15)13(17)9-2-3-9/h4-7,9,12H,2-3H2,1H3,(H,16,18). The Balaban J connectivity index is 2.04. The average molecular weight is 290 g/mol. The smallest absolute Gasteiger partial charge is 0.249 e. The zero-order valence-electron chi connectivity index (χ0n) is 11.0. The minimum absolute atomic E-state index is 0.129. The molecule has 1 N–H and O–H groups in total. The predicted octanol–water partition coefficient (Wildman–Crippen LogP) is 1.48. The molecule has 0 aromatic heterocycles. The van der Waals surface area contributed by atoms with Crippen molar-refractivity contribution in [3.63, 3.8) is 0 Å². The monoisotopic (exact) mass is 290 g/mol. The van der Waals surface area contributed by atoms with Gasteiger partial charge in [0.05, 0.1) is 6.07 Å². The van der Waals surface area contributed by atoms with Gasteiger partial charge in [-0.2, -0.15) is 5.26 Å². The molecule has 2 unspecified atom stereocenters. The van der Waals surface area contributed by atoms with E-state index in [0.717, 1.165) is 12.8 Å². The molecular formula is C14H14N2O3S. The van der Waals surface area contributed by atoms with Crippen molar-refractivity contribution in [2.45, 2.75) is 17.7 Å². The molecule has 0 radical (unpaired) electrons. The molecule has 1 aromatic carbocycles. The van der Waals surface area contributed by atoms with Gasteiger partial charge in [-0.15, -0.1) is 0 Å². The molecule has 1 aliphatic rings. The number of benzene rings is 1. The molecule has 5 nitrogen and oxygen atoms in total. The number of Topliss-reactive ketones (excluding diaryl/α,β-unsaturated/α-hetero) is 1. The lowest BCUT2D eigenvalue weighted by Gasteiger charge is -2.09. The summed E-state index contributed by atoms with van der Waals surface area (Å²) in [5.74, 6) is -2.27. The highest BCUT2D eigenvalue weighted by atomic mass is 32.2. The third-order valence-corrected chi connectivity index (χ3v) is 4.05. The summed E-state index contributed by atoms with van der Waals surface area (Å²) in [5, 5.41) is 11.5. The third-order valence-electron chi connectivity index (χ3n) is 3.11. The molecule has 1 aliphatic carbocycles. The van der Waals surface area contributed by atoms with Crippen molar-refractivity contribution >= 4 is 28.2 Å². The second-order valence-electron chi connectivity index (χ2n) is 4.71. The number of nitrogens with zero attached hydrogens (tertiary/aromatic N) is 1. The number of rotatable bonds is 5. The number of anilines is 1. The van der Waals surface area contributed by atoms with Crippen LogP contribution in [0, 0.1) is 23.2 Å². The van der Waals surface area contributed by atoms with Crippen LogP contribution in [0.4, 0.5) is 5.69 Å². The Labute approximate surface area is 119 Å². The molecule has 1 saturated carbocycles. The van der Waals surface area contributed by atoms with Gasteiger partial charge in [0.25, 0.3) is 0 Å². The lowest BCUT2D eigenvalue weighted by atomic mass is 10.0. The Bertz CT molecular complexity index is 600. The van der Waals surface area contributed by atoms with Crippen LogP contribution in [-0.2, 0) is 20.4 Å². The average Bonchev–Trinajstić information content (AvgIpc) is 3.24. The number of carbonyl (C=O) groups excluding carboxylic acids is 2. The van der Waals surface area contributed by atoms with Crippen LogP contribution >= 0.6 is 0 Å². The van der Waals surface area contributed by atoms with E-state index in [-0.39, 0.29) is 11.7 Å². The summed E-state index contributed by atoms with van der Waals surface area (Å²) in [6.45, 7) is 0. The minimum Gasteiger partial charge on any atom is -0.325 e. The number of carbonyl (C=O) groups is 2. The second-order valence-corrected chi connectivity index (χ2v) is 6.09. The molecule has 20 heavy (non-hydrogen) atoms. The molecule has 0 aliphatic heterocycles. The molecule has 1 fully saturated rings. The topological polar surface area (TPSA) is 87.0 Å². The zero-order chi connectivity index (χ0) is 14.7. The van der Waals surface area contributed by atoms with E-state index in [0.29, 0.717) is 10.6 Å². The maximum Gasteiger partial charge on any atom is 0.249 e. The van der Waals surface area contributed by atoms with Crippen molar-refractivity contribution in [1.29, 1.82) is 5.26 Å². The van der Waals surface area contributed by atoms with Gasteiger partial charge < -0.3 is 5.32 Å². The third kappa shape index (κ3) is 3.31. The molecule has 6 heteroatoms. The fraction of sp³-hybridized carbons (Fsp3) is 0.357. The van der Waals surface area contributed by atoms with Crippen LogP contribution < -0.4 is 5.32 Å². The maximum atomic E-state index is 11.9. The second kappa shape index (κ2) is 5.97. The van der Waals surface area contributed by atoms with Crippen LogP contribution in [0.5, 0.6) is 0 Å². The first-order chi connectivity index (χ1) is 9.52. The van der Waals surface area contributed by atoms with Gasteiger partial charge in [0.2, 0.25) is 5.91 Å². The molecule has 0 heterocycles. The van der Waals surface area contributed by atoms with Gasteiger partial charge in [0.1, 0.15) is 0 Å². The summed E-state index contributed by atoms with van der Waals surface area (Å²) in [5.41, 5.74) is 0.480. The van der Waals surface area contributed by atoms with Gasteiger partial charge in [-0.3, -0.25) is 13.8 Å². The summed E-state index contributed by atoms with van der Waals surface area (Å²) in [4.78, 5) is 24.4. The van der Waals surface area contributed by atoms with Crippen molar-refractivity contribution in [2.75, 3.05) is 11.6 Å². The van der Waals surface area contributed by atoms with Crippen molar-refractivity contribution < 1.29 is 13.8 Å². The number of ketones is 1. The predicted molar refractivity (Wildman–Crippen MR) is 74.2 cm³/mol. The lowest BCUT2D eigenvalue weighted by Crippen LogP contribution is -2.29. The minimum atomic E-state index is -1.25. The van der Waals surface area contributed by atoms with Crippen LogP contribution in [0.3, 0.4) is 0 Å². The summed E-state index contributed by atoms with van der Waals surface area (Å²) in [6, 6.07) is 8.24. The van der Waals surface area contributed by atoms with Crippen molar-refractivity contribution in [3.05, 3.63) is 24.3 Å². The maximum absolute atomic E-state index is 11.9. The molecule has 104 valence electrons. The summed E-state index contributed by atoms with van der Waals surface area (Å²) >= 11 is 0. The van der Waals surface area contributed by atoms with E-state index in [1.807, 2.05) is 0 Å². The molecule has 2 atom stereocenters. The largest absolute Gasteiger partial charge is 0.325 e. The van der Waals surface area contributed by atoms with E-state index in [1.54, 1.807) is 36.6 Å². The van der Waals surface area contributed by atoms with Crippen LogP contribution in [0.25, 0.3) is 0 Å². The molecule has 0 spiro atoms. The number of hydrogen-bond acceptors (Lipinski definition) is 4. The first-order valence-corrected chi connectivity index (χ1v) is 7.76. The van der Waals surface area contributed by atoms with Crippen LogP contribution in [0.2, 0.25) is 0 Å². The molecule has 1 amide bonds. The Morgan fingerprint density at radius 1 is 1.35 bits per heavy atom. The Morgan fingerprint density at radius 3 is 2.40 bits per heavy atom.